The Balaban J connectivity index is 2.67. The molecule has 0 radical (unpaired) electrons. The van der Waals surface area contributed by atoms with Gasteiger partial charge in [-0.25, -0.2) is 4.98 Å². The van der Waals surface area contributed by atoms with Gasteiger partial charge in [0.25, 0.3) is 0 Å². The van der Waals surface area contributed by atoms with Gasteiger partial charge >= 0.3 is 0 Å². The van der Waals surface area contributed by atoms with E-state index in [2.05, 4.69) is 26.2 Å². The fourth-order valence-electron chi connectivity index (χ4n) is 1.09. The van der Waals surface area contributed by atoms with Crippen molar-refractivity contribution in [2.45, 2.75) is 0 Å². The van der Waals surface area contributed by atoms with Crippen molar-refractivity contribution in [1.82, 2.24) is 9.38 Å². The van der Waals surface area contributed by atoms with E-state index in [9.17, 15) is 0 Å². The average molecular weight is 226 g/mol. The van der Waals surface area contributed by atoms with E-state index in [0.717, 1.165) is 15.9 Å². The maximum absolute atomic E-state index is 4.30. The van der Waals surface area contributed by atoms with Gasteiger partial charge in [0.15, 0.2) is 0 Å². The second-order valence-corrected chi connectivity index (χ2v) is 3.40. The van der Waals surface area contributed by atoms with Gasteiger partial charge in [0.05, 0.1) is 6.20 Å². The molecule has 12 heavy (non-hydrogen) atoms. The Bertz CT molecular complexity index is 408. The number of hydrogen-bond donors (Lipinski definition) is 1. The molecule has 0 aliphatic heterocycles. The van der Waals surface area contributed by atoms with Crippen LogP contribution in [-0.4, -0.2) is 16.4 Å². The number of fused-ring (bicyclic) bond motifs is 1. The molecule has 0 unspecified atom stereocenters. The number of rotatable bonds is 1. The largest absolute Gasteiger partial charge is 0.372 e. The lowest BCUT2D eigenvalue weighted by Gasteiger charge is -1.91. The minimum Gasteiger partial charge on any atom is -0.372 e. The first-order valence-electron chi connectivity index (χ1n) is 3.61. The van der Waals surface area contributed by atoms with E-state index in [1.807, 2.05) is 36.0 Å². The third-order valence-electron chi connectivity index (χ3n) is 1.67. The SMILES string of the molecule is CNc1cn2cc(Br)ccc2n1. The van der Waals surface area contributed by atoms with Crippen molar-refractivity contribution in [1.29, 1.82) is 0 Å². The van der Waals surface area contributed by atoms with Crippen LogP contribution in [0.3, 0.4) is 0 Å². The number of halogens is 1. The van der Waals surface area contributed by atoms with Crippen molar-refractivity contribution in [2.24, 2.45) is 0 Å². The van der Waals surface area contributed by atoms with Crippen LogP contribution in [0.25, 0.3) is 5.65 Å². The Kier molecular flexibility index (Phi) is 1.77. The van der Waals surface area contributed by atoms with Gasteiger partial charge in [-0.2, -0.15) is 0 Å². The molecule has 0 aromatic carbocycles. The smallest absolute Gasteiger partial charge is 0.145 e. The molecule has 2 aromatic rings. The van der Waals surface area contributed by atoms with Crippen molar-refractivity contribution in [3.8, 4) is 0 Å². The summed E-state index contributed by atoms with van der Waals surface area (Å²) in [7, 11) is 1.86. The summed E-state index contributed by atoms with van der Waals surface area (Å²) in [5, 5.41) is 2.99. The Hall–Kier alpha value is -1.03. The van der Waals surface area contributed by atoms with Gasteiger partial charge in [-0.1, -0.05) is 0 Å². The van der Waals surface area contributed by atoms with Crippen molar-refractivity contribution in [3.05, 3.63) is 29.0 Å². The second-order valence-electron chi connectivity index (χ2n) is 2.49. The first-order chi connectivity index (χ1) is 5.79. The van der Waals surface area contributed by atoms with Crippen molar-refractivity contribution < 1.29 is 0 Å². The van der Waals surface area contributed by atoms with Crippen molar-refractivity contribution in [2.75, 3.05) is 12.4 Å². The number of hydrogen-bond acceptors (Lipinski definition) is 2. The maximum atomic E-state index is 4.30. The summed E-state index contributed by atoms with van der Waals surface area (Å²) in [6.07, 6.45) is 3.92. The van der Waals surface area contributed by atoms with E-state index in [-0.39, 0.29) is 0 Å². The molecule has 0 amide bonds. The quantitative estimate of drug-likeness (QED) is 0.807. The van der Waals surface area contributed by atoms with E-state index in [1.54, 1.807) is 0 Å². The maximum Gasteiger partial charge on any atom is 0.145 e. The zero-order valence-corrected chi connectivity index (χ0v) is 8.17. The summed E-state index contributed by atoms with van der Waals surface area (Å²) >= 11 is 3.39. The first-order valence-corrected chi connectivity index (χ1v) is 4.41. The molecule has 0 saturated carbocycles. The predicted molar refractivity (Wildman–Crippen MR) is 52.4 cm³/mol. The Morgan fingerprint density at radius 1 is 1.42 bits per heavy atom. The topological polar surface area (TPSA) is 29.3 Å². The van der Waals surface area contributed by atoms with E-state index >= 15 is 0 Å². The predicted octanol–water partition coefficient (Wildman–Crippen LogP) is 2.14. The van der Waals surface area contributed by atoms with E-state index in [0.29, 0.717) is 0 Å². The van der Waals surface area contributed by atoms with Gasteiger partial charge in [-0.3, -0.25) is 0 Å². The lowest BCUT2D eigenvalue weighted by Crippen LogP contribution is -1.85. The summed E-state index contributed by atoms with van der Waals surface area (Å²) in [6, 6.07) is 3.94. The molecule has 1 N–H and O–H groups in total. The van der Waals surface area contributed by atoms with Gasteiger partial charge in [-0.05, 0) is 28.1 Å². The molecule has 0 aliphatic rings. The van der Waals surface area contributed by atoms with Gasteiger partial charge < -0.3 is 9.72 Å². The molecule has 2 aromatic heterocycles. The molecule has 62 valence electrons. The molecule has 0 aliphatic carbocycles. The standard InChI is InChI=1S/C8H8BrN3/c1-10-7-5-12-4-6(9)2-3-8(12)11-7/h2-5,10H,1H3. The third-order valence-corrected chi connectivity index (χ3v) is 2.14. The molecule has 3 nitrogen and oxygen atoms in total. The molecular formula is C8H8BrN3. The minimum absolute atomic E-state index is 0.883. The summed E-state index contributed by atoms with van der Waals surface area (Å²) in [6.45, 7) is 0. The van der Waals surface area contributed by atoms with Crippen LogP contribution in [0.1, 0.15) is 0 Å². The van der Waals surface area contributed by atoms with Gasteiger partial charge in [0.2, 0.25) is 0 Å². The zero-order chi connectivity index (χ0) is 8.55. The molecule has 0 atom stereocenters. The highest BCUT2D eigenvalue weighted by Gasteiger charge is 1.98. The Labute approximate surface area is 78.6 Å². The lowest BCUT2D eigenvalue weighted by molar-refractivity contribution is 1.17. The highest BCUT2D eigenvalue weighted by molar-refractivity contribution is 9.10. The van der Waals surface area contributed by atoms with Gasteiger partial charge in [0, 0.05) is 17.7 Å². The number of aromatic nitrogens is 2. The molecule has 0 bridgehead atoms. The first kappa shape index (κ1) is 7.61. The van der Waals surface area contributed by atoms with Crippen LogP contribution < -0.4 is 5.32 Å². The second kappa shape index (κ2) is 2.79. The molecular weight excluding hydrogens is 218 g/mol. The monoisotopic (exact) mass is 225 g/mol. The number of nitrogens with zero attached hydrogens (tertiary/aromatic N) is 2. The molecule has 4 heteroatoms. The van der Waals surface area contributed by atoms with E-state index < -0.39 is 0 Å². The number of imidazole rings is 1. The van der Waals surface area contributed by atoms with Gasteiger partial charge in [-0.15, -0.1) is 0 Å². The summed E-state index contributed by atoms with van der Waals surface area (Å²) < 4.78 is 3.02. The van der Waals surface area contributed by atoms with Crippen LogP contribution in [0.5, 0.6) is 0 Å². The molecule has 0 fully saturated rings. The van der Waals surface area contributed by atoms with Gasteiger partial charge in [0.1, 0.15) is 11.5 Å². The van der Waals surface area contributed by atoms with Crippen molar-refractivity contribution >= 4 is 27.4 Å². The highest BCUT2D eigenvalue weighted by atomic mass is 79.9. The molecule has 0 saturated heterocycles. The minimum atomic E-state index is 0.883. The average Bonchev–Trinajstić information content (AvgIpc) is 2.46. The van der Waals surface area contributed by atoms with Crippen LogP contribution >= 0.6 is 15.9 Å². The normalized spacial score (nSPS) is 10.5. The number of nitrogens with one attached hydrogen (secondary N) is 1. The fraction of sp³-hybridized carbons (Fsp3) is 0.125. The Morgan fingerprint density at radius 2 is 2.25 bits per heavy atom. The third kappa shape index (κ3) is 1.18. The van der Waals surface area contributed by atoms with Crippen LogP contribution in [0.15, 0.2) is 29.0 Å². The number of anilines is 1. The summed E-state index contributed by atoms with van der Waals surface area (Å²) in [4.78, 5) is 4.30. The van der Waals surface area contributed by atoms with Crippen LogP contribution in [0.2, 0.25) is 0 Å². The Morgan fingerprint density at radius 3 is 3.00 bits per heavy atom. The zero-order valence-electron chi connectivity index (χ0n) is 6.58. The highest BCUT2D eigenvalue weighted by Crippen LogP contribution is 2.13. The van der Waals surface area contributed by atoms with Crippen LogP contribution in [-0.2, 0) is 0 Å². The fourth-order valence-corrected chi connectivity index (χ4v) is 1.44. The number of pyridine rings is 1. The summed E-state index contributed by atoms with van der Waals surface area (Å²) in [5.41, 5.74) is 0.947. The molecule has 0 spiro atoms. The van der Waals surface area contributed by atoms with Crippen LogP contribution in [0.4, 0.5) is 5.82 Å². The summed E-state index contributed by atoms with van der Waals surface area (Å²) in [5.74, 6) is 0.883. The molecule has 2 rings (SSSR count). The van der Waals surface area contributed by atoms with E-state index in [1.165, 1.54) is 0 Å². The lowest BCUT2D eigenvalue weighted by atomic mass is 10.5. The molecule has 2 heterocycles. The van der Waals surface area contributed by atoms with Crippen LogP contribution in [0, 0.1) is 0 Å². The van der Waals surface area contributed by atoms with Crippen molar-refractivity contribution in [3.63, 3.8) is 0 Å². The van der Waals surface area contributed by atoms with E-state index in [4.69, 9.17) is 0 Å².